The standard InChI is InChI=1S/C25H20O4/c1-28-23-9-5-8-20(18-23)10-16-24(26)21-12-14-22(15-13-21)29-25(27)17-11-19-6-3-2-4-7-19/h2-18H,1H3/b16-10+,17-11+. The molecular weight excluding hydrogens is 364 g/mol. The zero-order valence-corrected chi connectivity index (χ0v) is 15.9. The predicted molar refractivity (Wildman–Crippen MR) is 114 cm³/mol. The van der Waals surface area contributed by atoms with Gasteiger partial charge in [-0.15, -0.1) is 0 Å². The van der Waals surface area contributed by atoms with Crippen molar-refractivity contribution >= 4 is 23.9 Å². The summed E-state index contributed by atoms with van der Waals surface area (Å²) in [6.45, 7) is 0. The molecule has 0 saturated carbocycles. The molecule has 0 unspecified atom stereocenters. The van der Waals surface area contributed by atoms with E-state index in [0.29, 0.717) is 11.3 Å². The van der Waals surface area contributed by atoms with E-state index in [-0.39, 0.29) is 5.78 Å². The van der Waals surface area contributed by atoms with Crippen LogP contribution in [0.4, 0.5) is 0 Å². The minimum atomic E-state index is -0.481. The molecule has 0 aliphatic heterocycles. The summed E-state index contributed by atoms with van der Waals surface area (Å²) in [5.74, 6) is 0.480. The van der Waals surface area contributed by atoms with Gasteiger partial charge < -0.3 is 9.47 Å². The molecule has 0 atom stereocenters. The Morgan fingerprint density at radius 1 is 0.724 bits per heavy atom. The number of allylic oxidation sites excluding steroid dienone is 1. The molecule has 0 radical (unpaired) electrons. The Morgan fingerprint density at radius 3 is 2.14 bits per heavy atom. The van der Waals surface area contributed by atoms with Crippen LogP contribution in [0.25, 0.3) is 12.2 Å². The largest absolute Gasteiger partial charge is 0.497 e. The van der Waals surface area contributed by atoms with Crippen LogP contribution in [0.15, 0.2) is 91.0 Å². The summed E-state index contributed by atoms with van der Waals surface area (Å²) in [7, 11) is 1.60. The first-order valence-electron chi connectivity index (χ1n) is 9.05. The van der Waals surface area contributed by atoms with E-state index in [1.165, 1.54) is 12.2 Å². The van der Waals surface area contributed by atoms with Crippen molar-refractivity contribution in [2.24, 2.45) is 0 Å². The zero-order valence-electron chi connectivity index (χ0n) is 15.9. The lowest BCUT2D eigenvalue weighted by molar-refractivity contribution is -0.128. The van der Waals surface area contributed by atoms with E-state index in [1.807, 2.05) is 54.6 Å². The Kier molecular flexibility index (Phi) is 6.74. The van der Waals surface area contributed by atoms with Crippen LogP contribution < -0.4 is 9.47 Å². The molecule has 0 aromatic heterocycles. The number of carbonyl (C=O) groups excluding carboxylic acids is 2. The minimum absolute atomic E-state index is 0.144. The van der Waals surface area contributed by atoms with Crippen molar-refractivity contribution in [2.45, 2.75) is 0 Å². The van der Waals surface area contributed by atoms with Crippen LogP contribution in [0.2, 0.25) is 0 Å². The van der Waals surface area contributed by atoms with Crippen molar-refractivity contribution in [1.82, 2.24) is 0 Å². The predicted octanol–water partition coefficient (Wildman–Crippen LogP) is 5.21. The summed E-state index contributed by atoms with van der Waals surface area (Å²) in [4.78, 5) is 24.2. The molecule has 4 heteroatoms. The first-order valence-corrected chi connectivity index (χ1v) is 9.05. The van der Waals surface area contributed by atoms with Crippen LogP contribution in [0.3, 0.4) is 0 Å². The van der Waals surface area contributed by atoms with Crippen LogP contribution >= 0.6 is 0 Å². The molecule has 0 saturated heterocycles. The number of esters is 1. The first kappa shape index (κ1) is 19.8. The van der Waals surface area contributed by atoms with Crippen LogP contribution in [0.1, 0.15) is 21.5 Å². The van der Waals surface area contributed by atoms with Crippen molar-refractivity contribution in [3.8, 4) is 11.5 Å². The average Bonchev–Trinajstić information content (AvgIpc) is 2.77. The van der Waals surface area contributed by atoms with E-state index in [2.05, 4.69) is 0 Å². The van der Waals surface area contributed by atoms with Gasteiger partial charge in [0.25, 0.3) is 0 Å². The van der Waals surface area contributed by atoms with Gasteiger partial charge in [-0.3, -0.25) is 4.79 Å². The molecule has 0 aliphatic rings. The van der Waals surface area contributed by atoms with Crippen LogP contribution in [-0.4, -0.2) is 18.9 Å². The fourth-order valence-corrected chi connectivity index (χ4v) is 2.58. The molecule has 3 rings (SSSR count). The number of rotatable bonds is 7. The number of ether oxygens (including phenoxy) is 2. The van der Waals surface area contributed by atoms with E-state index in [0.717, 1.165) is 16.9 Å². The van der Waals surface area contributed by atoms with Crippen molar-refractivity contribution in [1.29, 1.82) is 0 Å². The Labute approximate surface area is 169 Å². The summed E-state index contributed by atoms with van der Waals surface area (Å²) in [5, 5.41) is 0. The third-order valence-corrected chi connectivity index (χ3v) is 4.09. The molecule has 3 aromatic rings. The van der Waals surface area contributed by atoms with Gasteiger partial charge in [0, 0.05) is 11.6 Å². The SMILES string of the molecule is COc1cccc(/C=C/C(=O)c2ccc(OC(=O)/C=C/c3ccccc3)cc2)c1. The third kappa shape index (κ3) is 6.04. The normalized spacial score (nSPS) is 10.9. The number of benzene rings is 3. The number of methoxy groups -OCH3 is 1. The molecular formula is C25H20O4. The lowest BCUT2D eigenvalue weighted by atomic mass is 10.1. The van der Waals surface area contributed by atoms with Crippen LogP contribution in [0, 0.1) is 0 Å². The summed E-state index contributed by atoms with van der Waals surface area (Å²) in [5.41, 5.74) is 2.28. The fourth-order valence-electron chi connectivity index (χ4n) is 2.58. The highest BCUT2D eigenvalue weighted by molar-refractivity contribution is 6.06. The van der Waals surface area contributed by atoms with Crippen LogP contribution in [0.5, 0.6) is 11.5 Å². The van der Waals surface area contributed by atoms with Crippen LogP contribution in [-0.2, 0) is 4.79 Å². The van der Waals surface area contributed by atoms with E-state index in [9.17, 15) is 9.59 Å². The van der Waals surface area contributed by atoms with Gasteiger partial charge in [0.05, 0.1) is 7.11 Å². The molecule has 0 spiro atoms. The highest BCUT2D eigenvalue weighted by atomic mass is 16.5. The quantitative estimate of drug-likeness (QED) is 0.243. The molecule has 0 heterocycles. The lowest BCUT2D eigenvalue weighted by Gasteiger charge is -2.03. The van der Waals surface area contributed by atoms with E-state index < -0.39 is 5.97 Å². The Hall–Kier alpha value is -3.92. The molecule has 29 heavy (non-hydrogen) atoms. The maximum Gasteiger partial charge on any atom is 0.336 e. The molecule has 0 amide bonds. The highest BCUT2D eigenvalue weighted by Crippen LogP contribution is 2.16. The Balaban J connectivity index is 1.59. The van der Waals surface area contributed by atoms with Gasteiger partial charge in [0.15, 0.2) is 5.78 Å². The van der Waals surface area contributed by atoms with Gasteiger partial charge in [-0.1, -0.05) is 48.5 Å². The molecule has 0 aliphatic carbocycles. The van der Waals surface area contributed by atoms with E-state index in [4.69, 9.17) is 9.47 Å². The number of hydrogen-bond acceptors (Lipinski definition) is 4. The van der Waals surface area contributed by atoms with Gasteiger partial charge in [-0.2, -0.15) is 0 Å². The Morgan fingerprint density at radius 2 is 1.41 bits per heavy atom. The smallest absolute Gasteiger partial charge is 0.336 e. The monoisotopic (exact) mass is 384 g/mol. The molecule has 0 bridgehead atoms. The summed E-state index contributed by atoms with van der Waals surface area (Å²) in [6.07, 6.45) is 6.28. The van der Waals surface area contributed by atoms with Crippen molar-refractivity contribution in [3.05, 3.63) is 108 Å². The zero-order chi connectivity index (χ0) is 20.5. The molecule has 0 N–H and O–H groups in total. The molecule has 0 fully saturated rings. The molecule has 4 nitrogen and oxygen atoms in total. The minimum Gasteiger partial charge on any atom is -0.497 e. The van der Waals surface area contributed by atoms with Crippen molar-refractivity contribution < 1.29 is 19.1 Å². The maximum atomic E-state index is 12.3. The second-order valence-electron chi connectivity index (χ2n) is 6.16. The average molecular weight is 384 g/mol. The van der Waals surface area contributed by atoms with Crippen molar-refractivity contribution in [2.75, 3.05) is 7.11 Å². The second kappa shape index (κ2) is 9.85. The third-order valence-electron chi connectivity index (χ3n) is 4.09. The molecule has 144 valence electrons. The van der Waals surface area contributed by atoms with Gasteiger partial charge in [-0.05, 0) is 59.7 Å². The summed E-state index contributed by atoms with van der Waals surface area (Å²) < 4.78 is 10.4. The van der Waals surface area contributed by atoms with E-state index >= 15 is 0 Å². The van der Waals surface area contributed by atoms with Gasteiger partial charge in [0.2, 0.25) is 0 Å². The topological polar surface area (TPSA) is 52.6 Å². The number of hydrogen-bond donors (Lipinski definition) is 0. The summed E-state index contributed by atoms with van der Waals surface area (Å²) in [6, 6.07) is 23.4. The van der Waals surface area contributed by atoms with E-state index in [1.54, 1.807) is 43.5 Å². The Bertz CT molecular complexity index is 1030. The summed E-state index contributed by atoms with van der Waals surface area (Å²) >= 11 is 0. The maximum absolute atomic E-state index is 12.3. The number of ketones is 1. The number of carbonyl (C=O) groups is 2. The second-order valence-corrected chi connectivity index (χ2v) is 6.16. The van der Waals surface area contributed by atoms with Gasteiger partial charge >= 0.3 is 5.97 Å². The highest BCUT2D eigenvalue weighted by Gasteiger charge is 2.05. The fraction of sp³-hybridized carbons (Fsp3) is 0.0400. The first-order chi connectivity index (χ1) is 14.1. The lowest BCUT2D eigenvalue weighted by Crippen LogP contribution is -2.04. The van der Waals surface area contributed by atoms with Gasteiger partial charge in [-0.25, -0.2) is 4.79 Å². The van der Waals surface area contributed by atoms with Gasteiger partial charge in [0.1, 0.15) is 11.5 Å². The molecule has 3 aromatic carbocycles. The van der Waals surface area contributed by atoms with Crippen molar-refractivity contribution in [3.63, 3.8) is 0 Å².